The number of rotatable bonds is 4. The SMILES string of the molecule is CC(C)(C)S(=O)(=O)CCOc1ccc(C#N)c(Cl)c1. The largest absolute Gasteiger partial charge is 0.492 e. The molecule has 0 aliphatic carbocycles. The fourth-order valence-electron chi connectivity index (χ4n) is 1.25. The zero-order valence-corrected chi connectivity index (χ0v) is 12.7. The molecule has 0 saturated heterocycles. The van der Waals surface area contributed by atoms with Crippen molar-refractivity contribution in [1.82, 2.24) is 0 Å². The fraction of sp³-hybridized carbons (Fsp3) is 0.462. The Balaban J connectivity index is 2.65. The monoisotopic (exact) mass is 301 g/mol. The van der Waals surface area contributed by atoms with Crippen LogP contribution < -0.4 is 4.74 Å². The number of hydrogen-bond acceptors (Lipinski definition) is 4. The van der Waals surface area contributed by atoms with Crippen molar-refractivity contribution in [3.63, 3.8) is 0 Å². The molecular weight excluding hydrogens is 286 g/mol. The summed E-state index contributed by atoms with van der Waals surface area (Å²) in [6, 6.07) is 6.57. The predicted octanol–water partition coefficient (Wildman–Crippen LogP) is 2.80. The van der Waals surface area contributed by atoms with Crippen LogP contribution in [0.1, 0.15) is 26.3 Å². The number of nitriles is 1. The van der Waals surface area contributed by atoms with E-state index in [2.05, 4.69) is 0 Å². The Morgan fingerprint density at radius 3 is 2.47 bits per heavy atom. The molecule has 0 heterocycles. The van der Waals surface area contributed by atoms with E-state index in [1.54, 1.807) is 26.8 Å². The zero-order chi connectivity index (χ0) is 14.7. The van der Waals surface area contributed by atoms with E-state index in [-0.39, 0.29) is 12.4 Å². The van der Waals surface area contributed by atoms with Gasteiger partial charge in [0.15, 0.2) is 9.84 Å². The standard InChI is InChI=1S/C13H16ClNO3S/c1-13(2,3)19(16,17)7-6-18-11-5-4-10(9-15)12(14)8-11/h4-5,8H,6-7H2,1-3H3. The second kappa shape index (κ2) is 5.81. The van der Waals surface area contributed by atoms with Crippen LogP contribution in [0.25, 0.3) is 0 Å². The van der Waals surface area contributed by atoms with E-state index in [1.165, 1.54) is 12.1 Å². The molecule has 1 aromatic rings. The number of nitrogens with zero attached hydrogens (tertiary/aromatic N) is 1. The van der Waals surface area contributed by atoms with Gasteiger partial charge in [0.1, 0.15) is 18.4 Å². The van der Waals surface area contributed by atoms with Crippen LogP contribution in [-0.4, -0.2) is 25.5 Å². The summed E-state index contributed by atoms with van der Waals surface area (Å²) in [6.45, 7) is 5.02. The van der Waals surface area contributed by atoms with Gasteiger partial charge in [-0.3, -0.25) is 0 Å². The lowest BCUT2D eigenvalue weighted by Crippen LogP contribution is -2.32. The first-order valence-corrected chi connectivity index (χ1v) is 7.75. The van der Waals surface area contributed by atoms with Crippen molar-refractivity contribution in [2.24, 2.45) is 0 Å². The maximum atomic E-state index is 11.9. The molecule has 0 spiro atoms. The van der Waals surface area contributed by atoms with Crippen molar-refractivity contribution in [2.75, 3.05) is 12.4 Å². The summed E-state index contributed by atoms with van der Waals surface area (Å²) < 4.78 is 28.3. The van der Waals surface area contributed by atoms with Gasteiger partial charge in [-0.1, -0.05) is 11.6 Å². The second-order valence-corrected chi connectivity index (χ2v) is 8.30. The van der Waals surface area contributed by atoms with Crippen molar-refractivity contribution >= 4 is 21.4 Å². The number of sulfone groups is 1. The minimum Gasteiger partial charge on any atom is -0.492 e. The van der Waals surface area contributed by atoms with Gasteiger partial charge in [0.05, 0.1) is 21.1 Å². The van der Waals surface area contributed by atoms with Gasteiger partial charge in [0.2, 0.25) is 0 Å². The average Bonchev–Trinajstić information content (AvgIpc) is 2.27. The van der Waals surface area contributed by atoms with Crippen LogP contribution in [0.4, 0.5) is 0 Å². The van der Waals surface area contributed by atoms with Gasteiger partial charge >= 0.3 is 0 Å². The normalized spacial score (nSPS) is 11.9. The number of hydrogen-bond donors (Lipinski definition) is 0. The fourth-order valence-corrected chi connectivity index (χ4v) is 2.38. The summed E-state index contributed by atoms with van der Waals surface area (Å²) in [5, 5.41) is 9.02. The van der Waals surface area contributed by atoms with Crippen molar-refractivity contribution in [2.45, 2.75) is 25.5 Å². The summed E-state index contributed by atoms with van der Waals surface area (Å²) in [5.41, 5.74) is 0.358. The molecule has 0 aliphatic rings. The highest BCUT2D eigenvalue weighted by molar-refractivity contribution is 7.92. The first-order chi connectivity index (χ1) is 8.67. The molecule has 0 aliphatic heterocycles. The first kappa shape index (κ1) is 15.8. The van der Waals surface area contributed by atoms with Gasteiger partial charge in [-0.2, -0.15) is 5.26 Å². The van der Waals surface area contributed by atoms with Gasteiger partial charge in [-0.15, -0.1) is 0 Å². The minimum atomic E-state index is -3.20. The molecule has 0 aromatic heterocycles. The molecule has 6 heteroatoms. The van der Waals surface area contributed by atoms with E-state index in [4.69, 9.17) is 21.6 Å². The highest BCUT2D eigenvalue weighted by Gasteiger charge is 2.28. The summed E-state index contributed by atoms with van der Waals surface area (Å²) in [6.07, 6.45) is 0. The van der Waals surface area contributed by atoms with E-state index >= 15 is 0 Å². The molecule has 0 fully saturated rings. The van der Waals surface area contributed by atoms with Gasteiger partial charge in [-0.05, 0) is 32.9 Å². The highest BCUT2D eigenvalue weighted by Crippen LogP contribution is 2.22. The lowest BCUT2D eigenvalue weighted by molar-refractivity contribution is 0.339. The van der Waals surface area contributed by atoms with Crippen LogP contribution in [0.2, 0.25) is 5.02 Å². The Labute approximate surface area is 118 Å². The van der Waals surface area contributed by atoms with Crippen molar-refractivity contribution < 1.29 is 13.2 Å². The third-order valence-corrected chi connectivity index (χ3v) is 5.50. The smallest absolute Gasteiger partial charge is 0.158 e. The molecule has 1 aromatic carbocycles. The Morgan fingerprint density at radius 1 is 1.37 bits per heavy atom. The number of halogens is 1. The zero-order valence-electron chi connectivity index (χ0n) is 11.1. The van der Waals surface area contributed by atoms with Crippen molar-refractivity contribution in [1.29, 1.82) is 5.26 Å². The molecule has 0 N–H and O–H groups in total. The molecule has 0 atom stereocenters. The van der Waals surface area contributed by atoms with Crippen LogP contribution in [0, 0.1) is 11.3 Å². The first-order valence-electron chi connectivity index (χ1n) is 5.72. The molecule has 19 heavy (non-hydrogen) atoms. The molecule has 104 valence electrons. The minimum absolute atomic E-state index is 0.0574. The molecule has 0 saturated carbocycles. The lowest BCUT2D eigenvalue weighted by atomic mass is 10.2. The van der Waals surface area contributed by atoms with Crippen LogP contribution in [-0.2, 0) is 9.84 Å². The maximum absolute atomic E-state index is 11.9. The molecule has 0 radical (unpaired) electrons. The van der Waals surface area contributed by atoms with E-state index in [9.17, 15) is 8.42 Å². The topological polar surface area (TPSA) is 67.2 Å². The molecule has 0 unspecified atom stereocenters. The molecule has 0 bridgehead atoms. The van der Waals surface area contributed by atoms with E-state index < -0.39 is 14.6 Å². The lowest BCUT2D eigenvalue weighted by Gasteiger charge is -2.19. The van der Waals surface area contributed by atoms with E-state index in [1.807, 2.05) is 6.07 Å². The van der Waals surface area contributed by atoms with Gasteiger partial charge in [0.25, 0.3) is 0 Å². The maximum Gasteiger partial charge on any atom is 0.158 e. The second-order valence-electron chi connectivity index (χ2n) is 5.03. The summed E-state index contributed by atoms with van der Waals surface area (Å²) in [5.74, 6) is 0.391. The Hall–Kier alpha value is -1.25. The molecule has 1 rings (SSSR count). The summed E-state index contributed by atoms with van der Waals surface area (Å²) >= 11 is 5.85. The van der Waals surface area contributed by atoms with E-state index in [0.717, 1.165) is 0 Å². The number of ether oxygens (including phenoxy) is 1. The van der Waals surface area contributed by atoms with Crippen LogP contribution in [0.3, 0.4) is 0 Å². The Bertz CT molecular complexity index is 597. The average molecular weight is 302 g/mol. The van der Waals surface area contributed by atoms with Crippen LogP contribution in [0.5, 0.6) is 5.75 Å². The predicted molar refractivity (Wildman–Crippen MR) is 75.2 cm³/mol. The Kier molecular flexibility index (Phi) is 4.83. The Morgan fingerprint density at radius 2 is 2.00 bits per heavy atom. The molecule has 0 amide bonds. The summed E-state index contributed by atoms with van der Waals surface area (Å²) in [7, 11) is -3.20. The summed E-state index contributed by atoms with van der Waals surface area (Å²) in [4.78, 5) is 0. The number of benzene rings is 1. The van der Waals surface area contributed by atoms with Crippen molar-refractivity contribution in [3.05, 3.63) is 28.8 Å². The van der Waals surface area contributed by atoms with Crippen LogP contribution in [0.15, 0.2) is 18.2 Å². The highest BCUT2D eigenvalue weighted by atomic mass is 35.5. The van der Waals surface area contributed by atoms with Crippen molar-refractivity contribution in [3.8, 4) is 11.8 Å². The third-order valence-electron chi connectivity index (χ3n) is 2.61. The van der Waals surface area contributed by atoms with E-state index in [0.29, 0.717) is 16.3 Å². The van der Waals surface area contributed by atoms with Gasteiger partial charge < -0.3 is 4.74 Å². The van der Waals surface area contributed by atoms with Crippen LogP contribution >= 0.6 is 11.6 Å². The quantitative estimate of drug-likeness (QED) is 0.857. The van der Waals surface area contributed by atoms with Gasteiger partial charge in [0, 0.05) is 6.07 Å². The third kappa shape index (κ3) is 4.12. The van der Waals surface area contributed by atoms with Gasteiger partial charge in [-0.25, -0.2) is 8.42 Å². The molecule has 4 nitrogen and oxygen atoms in total. The molecular formula is C13H16ClNO3S.